The Labute approximate surface area is 159 Å². The number of nitro benzene ring substituents is 1. The van der Waals surface area contributed by atoms with Crippen LogP contribution in [0.3, 0.4) is 0 Å². The molecule has 1 aliphatic rings. The predicted molar refractivity (Wildman–Crippen MR) is 90.1 cm³/mol. The Kier molecular flexibility index (Phi) is 6.88. The fourth-order valence-electron chi connectivity index (χ4n) is 2.64. The lowest BCUT2D eigenvalue weighted by Gasteiger charge is -2.39. The highest BCUT2D eigenvalue weighted by Gasteiger charge is 2.48. The van der Waals surface area contributed by atoms with E-state index < -0.39 is 47.4 Å². The molecule has 0 aliphatic carbocycles. The molecule has 0 saturated carbocycles. The highest BCUT2D eigenvalue weighted by molar-refractivity contribution is 5.68. The maximum absolute atomic E-state index is 11.6. The molecule has 2 rings (SSSR count). The minimum atomic E-state index is -1.35. The molecule has 0 radical (unpaired) electrons. The van der Waals surface area contributed by atoms with Crippen molar-refractivity contribution in [1.82, 2.24) is 0 Å². The highest BCUT2D eigenvalue weighted by Crippen LogP contribution is 2.31. The van der Waals surface area contributed by atoms with Crippen LogP contribution >= 0.6 is 0 Å². The number of nitrogens with zero attached hydrogens (tertiary/aromatic N) is 1. The van der Waals surface area contributed by atoms with E-state index in [9.17, 15) is 24.5 Å². The van der Waals surface area contributed by atoms with Gasteiger partial charge in [-0.15, -0.1) is 0 Å². The number of rotatable bonds is 6. The summed E-state index contributed by atoms with van der Waals surface area (Å²) in [5.74, 6) is -2.26. The van der Waals surface area contributed by atoms with Gasteiger partial charge in [0, 0.05) is 26.8 Å². The van der Waals surface area contributed by atoms with Crippen LogP contribution in [0.15, 0.2) is 24.3 Å². The van der Waals surface area contributed by atoms with E-state index in [-0.39, 0.29) is 18.0 Å². The second-order valence-electron chi connectivity index (χ2n) is 5.84. The zero-order valence-electron chi connectivity index (χ0n) is 15.4. The fraction of sp³-hybridized carbons (Fsp3) is 0.471. The fourth-order valence-corrected chi connectivity index (χ4v) is 2.64. The molecular formula is C17H19NO10. The normalized spacial score (nSPS) is 24.0. The number of para-hydroxylation sites is 2. The Hall–Kier alpha value is -3.21. The van der Waals surface area contributed by atoms with E-state index in [0.29, 0.717) is 0 Å². The van der Waals surface area contributed by atoms with Gasteiger partial charge in [0.2, 0.25) is 12.4 Å². The largest absolute Gasteiger partial charge is 0.456 e. The van der Waals surface area contributed by atoms with Crippen molar-refractivity contribution in [2.45, 2.75) is 45.4 Å². The second kappa shape index (κ2) is 9.13. The van der Waals surface area contributed by atoms with E-state index >= 15 is 0 Å². The molecule has 11 nitrogen and oxygen atoms in total. The lowest BCUT2D eigenvalue weighted by Crippen LogP contribution is -2.59. The molecule has 28 heavy (non-hydrogen) atoms. The third-order valence-electron chi connectivity index (χ3n) is 3.61. The summed E-state index contributed by atoms with van der Waals surface area (Å²) in [6.07, 6.45) is -4.97. The van der Waals surface area contributed by atoms with Gasteiger partial charge in [0.15, 0.2) is 18.0 Å². The van der Waals surface area contributed by atoms with Gasteiger partial charge >= 0.3 is 23.6 Å². The summed E-state index contributed by atoms with van der Waals surface area (Å²) in [5, 5.41) is 11.2. The molecule has 0 bridgehead atoms. The molecule has 0 spiro atoms. The number of nitro groups is 1. The van der Waals surface area contributed by atoms with Crippen molar-refractivity contribution < 1.29 is 43.0 Å². The third-order valence-corrected chi connectivity index (χ3v) is 3.61. The molecular weight excluding hydrogens is 378 g/mol. The van der Waals surface area contributed by atoms with E-state index in [4.69, 9.17) is 23.7 Å². The number of esters is 3. The Morgan fingerprint density at radius 3 is 2.14 bits per heavy atom. The minimum Gasteiger partial charge on any atom is -0.456 e. The first-order valence-electron chi connectivity index (χ1n) is 8.22. The molecule has 0 N–H and O–H groups in total. The van der Waals surface area contributed by atoms with E-state index in [1.807, 2.05) is 0 Å². The molecule has 1 heterocycles. The molecule has 1 aliphatic heterocycles. The van der Waals surface area contributed by atoms with E-state index in [1.165, 1.54) is 24.3 Å². The van der Waals surface area contributed by atoms with E-state index in [2.05, 4.69) is 0 Å². The van der Waals surface area contributed by atoms with Crippen LogP contribution in [0.4, 0.5) is 5.69 Å². The summed E-state index contributed by atoms with van der Waals surface area (Å²) in [4.78, 5) is 44.9. The first-order valence-corrected chi connectivity index (χ1v) is 8.22. The van der Waals surface area contributed by atoms with Crippen LogP contribution < -0.4 is 4.74 Å². The summed E-state index contributed by atoms with van der Waals surface area (Å²) >= 11 is 0. The Morgan fingerprint density at radius 1 is 1.00 bits per heavy atom. The smallest absolute Gasteiger partial charge is 0.311 e. The third kappa shape index (κ3) is 5.39. The van der Waals surface area contributed by atoms with Crippen molar-refractivity contribution in [3.8, 4) is 5.75 Å². The molecule has 1 fully saturated rings. The van der Waals surface area contributed by atoms with Crippen molar-refractivity contribution >= 4 is 23.6 Å². The Balaban J connectivity index is 2.34. The number of carbonyl (C=O) groups excluding carboxylic acids is 3. The SMILES string of the molecule is CC(=O)O[C@@H]1[C@@H](Oc2ccccc2[N+](=O)[O-])OC[C@H](OC(C)=O)[C@H]1OC(C)=O. The zero-order valence-corrected chi connectivity index (χ0v) is 15.4. The molecule has 0 amide bonds. The molecule has 11 heteroatoms. The van der Waals surface area contributed by atoms with Crippen LogP contribution in [-0.2, 0) is 33.3 Å². The number of benzene rings is 1. The van der Waals surface area contributed by atoms with Crippen LogP contribution in [0, 0.1) is 10.1 Å². The average molecular weight is 397 g/mol. The van der Waals surface area contributed by atoms with Crippen LogP contribution in [0.5, 0.6) is 5.75 Å². The number of hydrogen-bond acceptors (Lipinski definition) is 10. The van der Waals surface area contributed by atoms with Crippen LogP contribution in [-0.4, -0.2) is 54.0 Å². The Morgan fingerprint density at radius 2 is 1.57 bits per heavy atom. The van der Waals surface area contributed by atoms with Gasteiger partial charge in [0.25, 0.3) is 0 Å². The average Bonchev–Trinajstić information content (AvgIpc) is 2.59. The lowest BCUT2D eigenvalue weighted by molar-refractivity contribution is -0.386. The van der Waals surface area contributed by atoms with Gasteiger partial charge in [-0.25, -0.2) is 0 Å². The maximum Gasteiger partial charge on any atom is 0.311 e. The standard InChI is InChI=1S/C17H19NO10/c1-9(19)25-14-8-24-17(16(27-11(3)21)15(14)26-10(2)20)28-13-7-5-4-6-12(13)18(22)23/h4-7,14-17H,8H2,1-3H3/t14-,15+,16-,17+/m0/s1. The summed E-state index contributed by atoms with van der Waals surface area (Å²) in [7, 11) is 0. The van der Waals surface area contributed by atoms with Crippen LogP contribution in [0.25, 0.3) is 0 Å². The predicted octanol–water partition coefficient (Wildman–Crippen LogP) is 1.12. The summed E-state index contributed by atoms with van der Waals surface area (Å²) in [5.41, 5.74) is -0.334. The van der Waals surface area contributed by atoms with E-state index in [0.717, 1.165) is 20.8 Å². The van der Waals surface area contributed by atoms with Gasteiger partial charge in [-0.05, 0) is 6.07 Å². The van der Waals surface area contributed by atoms with Gasteiger partial charge in [-0.2, -0.15) is 0 Å². The molecule has 0 aromatic heterocycles. The van der Waals surface area contributed by atoms with Gasteiger partial charge < -0.3 is 23.7 Å². The van der Waals surface area contributed by atoms with Gasteiger partial charge in [0.1, 0.15) is 0 Å². The molecule has 1 saturated heterocycles. The lowest BCUT2D eigenvalue weighted by atomic mass is 10.0. The summed E-state index contributed by atoms with van der Waals surface area (Å²) in [6.45, 7) is 3.15. The minimum absolute atomic E-state index is 0.137. The summed E-state index contributed by atoms with van der Waals surface area (Å²) < 4.78 is 26.5. The van der Waals surface area contributed by atoms with Crippen molar-refractivity contribution in [1.29, 1.82) is 0 Å². The number of carbonyl (C=O) groups is 3. The quantitative estimate of drug-likeness (QED) is 0.297. The number of ether oxygens (including phenoxy) is 5. The van der Waals surface area contributed by atoms with Crippen LogP contribution in [0.2, 0.25) is 0 Å². The summed E-state index contributed by atoms with van der Waals surface area (Å²) in [6, 6.07) is 5.53. The Bertz CT molecular complexity index is 764. The van der Waals surface area contributed by atoms with Gasteiger partial charge in [-0.1, -0.05) is 12.1 Å². The van der Waals surface area contributed by atoms with Gasteiger partial charge in [0.05, 0.1) is 11.5 Å². The topological polar surface area (TPSA) is 141 Å². The first-order chi connectivity index (χ1) is 13.2. The number of hydrogen-bond donors (Lipinski definition) is 0. The molecule has 1 aromatic rings. The molecule has 152 valence electrons. The van der Waals surface area contributed by atoms with Crippen molar-refractivity contribution in [2.24, 2.45) is 0 Å². The van der Waals surface area contributed by atoms with Crippen molar-refractivity contribution in [3.63, 3.8) is 0 Å². The van der Waals surface area contributed by atoms with E-state index in [1.54, 1.807) is 0 Å². The van der Waals surface area contributed by atoms with Crippen LogP contribution in [0.1, 0.15) is 20.8 Å². The highest BCUT2D eigenvalue weighted by atomic mass is 16.7. The molecule has 0 unspecified atom stereocenters. The van der Waals surface area contributed by atoms with Crippen molar-refractivity contribution in [2.75, 3.05) is 6.61 Å². The second-order valence-corrected chi connectivity index (χ2v) is 5.84. The zero-order chi connectivity index (χ0) is 20.8. The maximum atomic E-state index is 11.6. The molecule has 4 atom stereocenters. The van der Waals surface area contributed by atoms with Crippen molar-refractivity contribution in [3.05, 3.63) is 34.4 Å². The first kappa shape index (κ1) is 21.1. The molecule has 1 aromatic carbocycles. The van der Waals surface area contributed by atoms with Gasteiger partial charge in [-0.3, -0.25) is 24.5 Å². The monoisotopic (exact) mass is 397 g/mol.